The fourth-order valence-corrected chi connectivity index (χ4v) is 3.99. The third kappa shape index (κ3) is 3.68. The molecule has 0 unspecified atom stereocenters. The predicted octanol–water partition coefficient (Wildman–Crippen LogP) is 3.93. The molecule has 0 bridgehead atoms. The number of thiazole rings is 1. The fourth-order valence-electron chi connectivity index (χ4n) is 3.11. The molecule has 0 spiro atoms. The van der Waals surface area contributed by atoms with Gasteiger partial charge in [-0.05, 0) is 32.8 Å². The Hall–Kier alpha value is -1.72. The van der Waals surface area contributed by atoms with E-state index < -0.39 is 0 Å². The summed E-state index contributed by atoms with van der Waals surface area (Å²) in [7, 11) is 0. The number of rotatable bonds is 5. The molecule has 1 amide bonds. The second-order valence-corrected chi connectivity index (χ2v) is 7.29. The highest BCUT2D eigenvalue weighted by atomic mass is 32.1. The van der Waals surface area contributed by atoms with E-state index in [0.29, 0.717) is 18.2 Å². The van der Waals surface area contributed by atoms with Crippen LogP contribution in [0.25, 0.3) is 10.6 Å². The zero-order chi connectivity index (χ0) is 17.1. The van der Waals surface area contributed by atoms with Gasteiger partial charge in [0, 0.05) is 36.6 Å². The molecule has 128 valence electrons. The topological polar surface area (TPSA) is 42.4 Å². The van der Waals surface area contributed by atoms with Gasteiger partial charge in [-0.2, -0.15) is 0 Å². The molecule has 0 aliphatic carbocycles. The number of benzene rings is 1. The highest BCUT2D eigenvalue weighted by molar-refractivity contribution is 7.13. The summed E-state index contributed by atoms with van der Waals surface area (Å²) < 4.78 is 5.42. The summed E-state index contributed by atoms with van der Waals surface area (Å²) >= 11 is 1.54. The Kier molecular flexibility index (Phi) is 5.31. The first-order chi connectivity index (χ1) is 11.6. The van der Waals surface area contributed by atoms with Crippen LogP contribution in [-0.2, 0) is 4.74 Å². The summed E-state index contributed by atoms with van der Waals surface area (Å²) in [6.45, 7) is 9.21. The molecule has 0 radical (unpaired) electrons. The Morgan fingerprint density at radius 1 is 1.42 bits per heavy atom. The Balaban J connectivity index is 1.77. The van der Waals surface area contributed by atoms with Crippen LogP contribution in [0, 0.1) is 19.8 Å². The van der Waals surface area contributed by atoms with E-state index in [1.165, 1.54) is 22.5 Å². The minimum atomic E-state index is 0.0247. The maximum Gasteiger partial charge on any atom is 0.273 e. The average molecular weight is 344 g/mol. The molecular formula is C19H24N2O2S. The van der Waals surface area contributed by atoms with Crippen LogP contribution in [0.5, 0.6) is 0 Å². The van der Waals surface area contributed by atoms with Gasteiger partial charge in [0.25, 0.3) is 5.91 Å². The van der Waals surface area contributed by atoms with Crippen molar-refractivity contribution >= 4 is 17.2 Å². The van der Waals surface area contributed by atoms with E-state index in [1.807, 2.05) is 17.2 Å². The van der Waals surface area contributed by atoms with E-state index in [0.717, 1.165) is 36.8 Å². The van der Waals surface area contributed by atoms with Crippen molar-refractivity contribution < 1.29 is 9.53 Å². The van der Waals surface area contributed by atoms with Gasteiger partial charge in [-0.1, -0.05) is 23.8 Å². The zero-order valence-electron chi connectivity index (χ0n) is 14.5. The first kappa shape index (κ1) is 17.1. The molecule has 0 N–H and O–H groups in total. The van der Waals surface area contributed by atoms with Crippen LogP contribution in [0.2, 0.25) is 0 Å². The van der Waals surface area contributed by atoms with Crippen molar-refractivity contribution in [3.8, 4) is 10.6 Å². The number of nitrogens with zero attached hydrogens (tertiary/aromatic N) is 2. The molecule has 24 heavy (non-hydrogen) atoms. The van der Waals surface area contributed by atoms with Gasteiger partial charge in [-0.25, -0.2) is 4.98 Å². The highest BCUT2D eigenvalue weighted by Crippen LogP contribution is 2.28. The van der Waals surface area contributed by atoms with E-state index in [4.69, 9.17) is 4.74 Å². The molecule has 1 aliphatic heterocycles. The van der Waals surface area contributed by atoms with Crippen molar-refractivity contribution in [2.45, 2.75) is 27.2 Å². The minimum absolute atomic E-state index is 0.0247. The summed E-state index contributed by atoms with van der Waals surface area (Å²) in [5, 5.41) is 2.79. The number of ether oxygens (including phenoxy) is 1. The monoisotopic (exact) mass is 344 g/mol. The van der Waals surface area contributed by atoms with Crippen molar-refractivity contribution in [1.82, 2.24) is 9.88 Å². The molecule has 1 atom stereocenters. The van der Waals surface area contributed by atoms with Gasteiger partial charge in [-0.3, -0.25) is 4.79 Å². The minimum Gasteiger partial charge on any atom is -0.381 e. The molecular weight excluding hydrogens is 320 g/mol. The lowest BCUT2D eigenvalue weighted by Gasteiger charge is -2.22. The van der Waals surface area contributed by atoms with Crippen LogP contribution < -0.4 is 0 Å². The van der Waals surface area contributed by atoms with Crippen molar-refractivity contribution in [2.24, 2.45) is 5.92 Å². The molecule has 2 heterocycles. The summed E-state index contributed by atoms with van der Waals surface area (Å²) in [6.07, 6.45) is 1.04. The number of amides is 1. The Bertz CT molecular complexity index is 720. The lowest BCUT2D eigenvalue weighted by atomic mass is 10.1. The van der Waals surface area contributed by atoms with Crippen LogP contribution in [-0.4, -0.2) is 42.1 Å². The first-order valence-corrected chi connectivity index (χ1v) is 9.36. The number of carbonyl (C=O) groups excluding carboxylic acids is 1. The van der Waals surface area contributed by atoms with Crippen LogP contribution >= 0.6 is 11.3 Å². The first-order valence-electron chi connectivity index (χ1n) is 8.48. The number of aryl methyl sites for hydroxylation is 2. The van der Waals surface area contributed by atoms with Crippen molar-refractivity contribution in [3.63, 3.8) is 0 Å². The van der Waals surface area contributed by atoms with E-state index >= 15 is 0 Å². The van der Waals surface area contributed by atoms with E-state index in [2.05, 4.69) is 37.0 Å². The third-order valence-corrected chi connectivity index (χ3v) is 5.38. The molecule has 1 aromatic heterocycles. The number of hydrogen-bond acceptors (Lipinski definition) is 4. The van der Waals surface area contributed by atoms with Crippen molar-refractivity contribution in [2.75, 3.05) is 26.3 Å². The summed E-state index contributed by atoms with van der Waals surface area (Å²) in [6, 6.07) is 6.32. The highest BCUT2D eigenvalue weighted by Gasteiger charge is 2.24. The molecule has 1 aliphatic rings. The number of aromatic nitrogens is 1. The summed E-state index contributed by atoms with van der Waals surface area (Å²) in [4.78, 5) is 19.3. The molecule has 1 fully saturated rings. The van der Waals surface area contributed by atoms with Crippen LogP contribution in [0.15, 0.2) is 23.6 Å². The zero-order valence-corrected chi connectivity index (χ0v) is 15.4. The van der Waals surface area contributed by atoms with Crippen LogP contribution in [0.4, 0.5) is 0 Å². The largest absolute Gasteiger partial charge is 0.381 e. The maximum atomic E-state index is 12.8. The SMILES string of the molecule is CCN(C[C@H]1CCOC1)C(=O)c1csc(-c2ccc(C)cc2C)n1. The second-order valence-electron chi connectivity index (χ2n) is 6.43. The van der Waals surface area contributed by atoms with Gasteiger partial charge in [0.2, 0.25) is 0 Å². The molecule has 0 saturated carbocycles. The molecule has 2 aromatic rings. The number of hydrogen-bond donors (Lipinski definition) is 0. The van der Waals surface area contributed by atoms with E-state index in [1.54, 1.807) is 0 Å². The van der Waals surface area contributed by atoms with Gasteiger partial charge in [0.05, 0.1) is 6.61 Å². The Labute approximate surface area is 147 Å². The standard InChI is InChI=1S/C19H24N2O2S/c1-4-21(10-15-7-8-23-11-15)19(22)17-12-24-18(20-17)16-6-5-13(2)9-14(16)3/h5-6,9,12,15H,4,7-8,10-11H2,1-3H3/t15-/m1/s1. The third-order valence-electron chi connectivity index (χ3n) is 4.51. The smallest absolute Gasteiger partial charge is 0.273 e. The van der Waals surface area contributed by atoms with Crippen molar-refractivity contribution in [3.05, 3.63) is 40.4 Å². The molecule has 5 heteroatoms. The van der Waals surface area contributed by atoms with Crippen LogP contribution in [0.3, 0.4) is 0 Å². The Morgan fingerprint density at radius 2 is 2.25 bits per heavy atom. The average Bonchev–Trinajstić information content (AvgIpc) is 3.23. The molecule has 1 aromatic carbocycles. The molecule has 4 nitrogen and oxygen atoms in total. The van der Waals surface area contributed by atoms with E-state index in [-0.39, 0.29) is 5.91 Å². The van der Waals surface area contributed by atoms with E-state index in [9.17, 15) is 4.79 Å². The van der Waals surface area contributed by atoms with Gasteiger partial charge >= 0.3 is 0 Å². The van der Waals surface area contributed by atoms with Gasteiger partial charge in [0.1, 0.15) is 10.7 Å². The Morgan fingerprint density at radius 3 is 2.92 bits per heavy atom. The van der Waals surface area contributed by atoms with Crippen molar-refractivity contribution in [1.29, 1.82) is 0 Å². The normalized spacial score (nSPS) is 17.2. The van der Waals surface area contributed by atoms with Gasteiger partial charge in [0.15, 0.2) is 0 Å². The fraction of sp³-hybridized carbons (Fsp3) is 0.474. The lowest BCUT2D eigenvalue weighted by molar-refractivity contribution is 0.0726. The van der Waals surface area contributed by atoms with Crippen LogP contribution in [0.1, 0.15) is 35.0 Å². The molecule has 1 saturated heterocycles. The van der Waals surface area contributed by atoms with Gasteiger partial charge in [-0.15, -0.1) is 11.3 Å². The van der Waals surface area contributed by atoms with Gasteiger partial charge < -0.3 is 9.64 Å². The summed E-state index contributed by atoms with van der Waals surface area (Å²) in [5.74, 6) is 0.475. The second kappa shape index (κ2) is 7.45. The number of carbonyl (C=O) groups is 1. The molecule has 3 rings (SSSR count). The maximum absolute atomic E-state index is 12.8. The lowest BCUT2D eigenvalue weighted by Crippen LogP contribution is -2.35. The predicted molar refractivity (Wildman–Crippen MR) is 97.5 cm³/mol. The summed E-state index contributed by atoms with van der Waals surface area (Å²) in [5.41, 5.74) is 4.09. The quantitative estimate of drug-likeness (QED) is 0.825.